The van der Waals surface area contributed by atoms with Crippen LogP contribution in [0.1, 0.15) is 30.1 Å². The average Bonchev–Trinajstić information content (AvgIpc) is 2.88. The Labute approximate surface area is 101 Å². The summed E-state index contributed by atoms with van der Waals surface area (Å²) < 4.78 is 0. The highest BCUT2D eigenvalue weighted by Gasteiger charge is 2.18. The molecule has 1 amide bonds. The van der Waals surface area contributed by atoms with E-state index in [1.807, 2.05) is 6.92 Å². The van der Waals surface area contributed by atoms with Crippen LogP contribution in [-0.4, -0.2) is 46.7 Å². The lowest BCUT2D eigenvalue weighted by molar-refractivity contribution is 0.0933. The molecule has 6 nitrogen and oxygen atoms in total. The van der Waals surface area contributed by atoms with Crippen molar-refractivity contribution in [2.45, 2.75) is 25.8 Å². The second-order valence-electron chi connectivity index (χ2n) is 4.58. The monoisotopic (exact) mass is 237 g/mol. The van der Waals surface area contributed by atoms with Crippen LogP contribution in [-0.2, 0) is 0 Å². The minimum atomic E-state index is -0.164. The summed E-state index contributed by atoms with van der Waals surface area (Å²) in [6, 6.07) is 0.120. The standard InChI is InChI=1S/C11H19N5O/c1-8(7-16-4-2-3-5-16)14-11(17)9-6-13-15-10(9)12/h6,8H,2-5,7H2,1H3,(H,14,17)(H3,12,13,15). The van der Waals surface area contributed by atoms with Crippen LogP contribution in [0.5, 0.6) is 0 Å². The van der Waals surface area contributed by atoms with Gasteiger partial charge in [0.05, 0.1) is 6.20 Å². The first-order chi connectivity index (χ1) is 8.16. The van der Waals surface area contributed by atoms with E-state index < -0.39 is 0 Å². The van der Waals surface area contributed by atoms with E-state index in [4.69, 9.17) is 5.73 Å². The Morgan fingerprint density at radius 2 is 2.35 bits per heavy atom. The van der Waals surface area contributed by atoms with Gasteiger partial charge in [0, 0.05) is 12.6 Å². The molecule has 17 heavy (non-hydrogen) atoms. The maximum Gasteiger partial charge on any atom is 0.256 e. The van der Waals surface area contributed by atoms with Crippen molar-refractivity contribution < 1.29 is 4.79 Å². The first kappa shape index (κ1) is 11.9. The van der Waals surface area contributed by atoms with Crippen LogP contribution in [0.2, 0.25) is 0 Å². The predicted octanol–water partition coefficient (Wildman–Crippen LogP) is 0.206. The summed E-state index contributed by atoms with van der Waals surface area (Å²) in [4.78, 5) is 14.2. The lowest BCUT2D eigenvalue weighted by Crippen LogP contribution is -2.41. The van der Waals surface area contributed by atoms with Crippen molar-refractivity contribution in [1.29, 1.82) is 0 Å². The number of nitrogens with one attached hydrogen (secondary N) is 2. The molecule has 0 saturated carbocycles. The van der Waals surface area contributed by atoms with E-state index in [0.29, 0.717) is 11.4 Å². The quantitative estimate of drug-likeness (QED) is 0.698. The number of likely N-dealkylation sites (tertiary alicyclic amines) is 1. The van der Waals surface area contributed by atoms with E-state index in [1.165, 1.54) is 19.0 Å². The van der Waals surface area contributed by atoms with Gasteiger partial charge in [0.15, 0.2) is 0 Å². The normalized spacial score (nSPS) is 18.2. The summed E-state index contributed by atoms with van der Waals surface area (Å²) in [6.45, 7) is 5.16. The number of amides is 1. The molecule has 0 aliphatic carbocycles. The fourth-order valence-electron chi connectivity index (χ4n) is 2.18. The van der Waals surface area contributed by atoms with Crippen LogP contribution in [0.3, 0.4) is 0 Å². The Morgan fingerprint density at radius 1 is 1.65 bits per heavy atom. The van der Waals surface area contributed by atoms with Gasteiger partial charge in [-0.3, -0.25) is 9.89 Å². The third kappa shape index (κ3) is 2.97. The molecule has 0 bridgehead atoms. The number of carbonyl (C=O) groups excluding carboxylic acids is 1. The molecule has 2 heterocycles. The molecule has 1 aromatic rings. The van der Waals surface area contributed by atoms with Crippen molar-refractivity contribution in [2.24, 2.45) is 0 Å². The Balaban J connectivity index is 1.83. The van der Waals surface area contributed by atoms with Crippen LogP contribution in [0, 0.1) is 0 Å². The number of carbonyl (C=O) groups is 1. The highest BCUT2D eigenvalue weighted by molar-refractivity contribution is 5.98. The van der Waals surface area contributed by atoms with Gasteiger partial charge in [-0.1, -0.05) is 0 Å². The second-order valence-corrected chi connectivity index (χ2v) is 4.58. The molecule has 1 fully saturated rings. The van der Waals surface area contributed by atoms with Crippen molar-refractivity contribution in [1.82, 2.24) is 20.4 Å². The zero-order chi connectivity index (χ0) is 12.3. The van der Waals surface area contributed by atoms with Crippen LogP contribution in [0.4, 0.5) is 5.82 Å². The van der Waals surface area contributed by atoms with E-state index in [0.717, 1.165) is 19.6 Å². The molecule has 0 spiro atoms. The molecule has 94 valence electrons. The summed E-state index contributed by atoms with van der Waals surface area (Å²) in [6.07, 6.45) is 3.97. The van der Waals surface area contributed by atoms with Crippen molar-refractivity contribution in [2.75, 3.05) is 25.4 Å². The Morgan fingerprint density at radius 3 is 2.94 bits per heavy atom. The third-order valence-corrected chi connectivity index (χ3v) is 3.02. The number of rotatable bonds is 4. The molecule has 1 aliphatic rings. The van der Waals surface area contributed by atoms with Crippen molar-refractivity contribution in [3.8, 4) is 0 Å². The topological polar surface area (TPSA) is 87.0 Å². The average molecular weight is 237 g/mol. The zero-order valence-electron chi connectivity index (χ0n) is 10.1. The van der Waals surface area contributed by atoms with E-state index in [9.17, 15) is 4.79 Å². The molecule has 1 aliphatic heterocycles. The number of hydrogen-bond acceptors (Lipinski definition) is 4. The summed E-state index contributed by atoms with van der Waals surface area (Å²) in [7, 11) is 0. The van der Waals surface area contributed by atoms with Gasteiger partial charge in [0.25, 0.3) is 5.91 Å². The van der Waals surface area contributed by atoms with Crippen LogP contribution < -0.4 is 11.1 Å². The van der Waals surface area contributed by atoms with Crippen LogP contribution >= 0.6 is 0 Å². The number of anilines is 1. The van der Waals surface area contributed by atoms with E-state index in [-0.39, 0.29) is 11.9 Å². The molecule has 0 radical (unpaired) electrons. The highest BCUT2D eigenvalue weighted by atomic mass is 16.1. The zero-order valence-corrected chi connectivity index (χ0v) is 10.1. The second kappa shape index (κ2) is 5.18. The van der Waals surface area contributed by atoms with E-state index in [2.05, 4.69) is 20.4 Å². The van der Waals surface area contributed by atoms with Gasteiger partial charge in [-0.15, -0.1) is 0 Å². The van der Waals surface area contributed by atoms with Crippen molar-refractivity contribution in [3.63, 3.8) is 0 Å². The number of hydrogen-bond donors (Lipinski definition) is 3. The molecule has 1 atom stereocenters. The molecule has 1 aromatic heterocycles. The number of nitrogens with two attached hydrogens (primary N) is 1. The SMILES string of the molecule is CC(CN1CCCC1)NC(=O)c1cn[nH]c1N. The van der Waals surface area contributed by atoms with Crippen LogP contribution in [0.25, 0.3) is 0 Å². The van der Waals surface area contributed by atoms with Crippen molar-refractivity contribution in [3.05, 3.63) is 11.8 Å². The molecule has 4 N–H and O–H groups in total. The lowest BCUT2D eigenvalue weighted by atomic mass is 10.2. The number of H-pyrrole nitrogens is 1. The Hall–Kier alpha value is -1.56. The van der Waals surface area contributed by atoms with Gasteiger partial charge in [0.1, 0.15) is 11.4 Å². The number of aromatic nitrogens is 2. The first-order valence-electron chi connectivity index (χ1n) is 5.99. The molecular formula is C11H19N5O. The van der Waals surface area contributed by atoms with Crippen molar-refractivity contribution >= 4 is 11.7 Å². The minimum absolute atomic E-state index is 0.120. The number of aromatic amines is 1. The fraction of sp³-hybridized carbons (Fsp3) is 0.636. The van der Waals surface area contributed by atoms with Gasteiger partial charge >= 0.3 is 0 Å². The van der Waals surface area contributed by atoms with E-state index in [1.54, 1.807) is 0 Å². The maximum atomic E-state index is 11.8. The van der Waals surface area contributed by atoms with Gasteiger partial charge in [-0.25, -0.2) is 0 Å². The summed E-state index contributed by atoms with van der Waals surface area (Å²) in [5.74, 6) is 0.152. The van der Waals surface area contributed by atoms with Crippen LogP contribution in [0.15, 0.2) is 6.20 Å². The Bertz CT molecular complexity index is 383. The molecular weight excluding hydrogens is 218 g/mol. The molecule has 1 saturated heterocycles. The van der Waals surface area contributed by atoms with Gasteiger partial charge in [-0.05, 0) is 32.9 Å². The molecule has 6 heteroatoms. The maximum absolute atomic E-state index is 11.8. The summed E-state index contributed by atoms with van der Waals surface area (Å²) >= 11 is 0. The molecule has 1 unspecified atom stereocenters. The third-order valence-electron chi connectivity index (χ3n) is 3.02. The Kier molecular flexibility index (Phi) is 3.63. The highest BCUT2D eigenvalue weighted by Crippen LogP contribution is 2.09. The lowest BCUT2D eigenvalue weighted by Gasteiger charge is -2.20. The smallest absolute Gasteiger partial charge is 0.256 e. The number of nitrogen functional groups attached to an aromatic ring is 1. The summed E-state index contributed by atoms with van der Waals surface area (Å²) in [5, 5.41) is 9.21. The van der Waals surface area contributed by atoms with Gasteiger partial charge in [0.2, 0.25) is 0 Å². The van der Waals surface area contributed by atoms with Gasteiger partial charge in [-0.2, -0.15) is 5.10 Å². The molecule has 0 aromatic carbocycles. The predicted molar refractivity (Wildman–Crippen MR) is 65.6 cm³/mol. The fourth-order valence-corrected chi connectivity index (χ4v) is 2.18. The first-order valence-corrected chi connectivity index (χ1v) is 5.99. The molecule has 2 rings (SSSR count). The van der Waals surface area contributed by atoms with E-state index >= 15 is 0 Å². The largest absolute Gasteiger partial charge is 0.383 e. The number of nitrogens with zero attached hydrogens (tertiary/aromatic N) is 2. The van der Waals surface area contributed by atoms with Gasteiger partial charge < -0.3 is 16.0 Å². The summed E-state index contributed by atoms with van der Waals surface area (Å²) in [5.41, 5.74) is 6.01. The minimum Gasteiger partial charge on any atom is -0.383 e.